The number of hydrogen-bond donors (Lipinski definition) is 2. The Morgan fingerprint density at radius 2 is 1.88 bits per heavy atom. The molecule has 0 bridgehead atoms. The van der Waals surface area contributed by atoms with Crippen LogP contribution < -0.4 is 9.47 Å². The number of hydrogen-bond acceptors (Lipinski definition) is 5. The molecule has 1 aromatic carbocycles. The number of amides is 1. The Bertz CT molecular complexity index is 670. The highest BCUT2D eigenvalue weighted by Crippen LogP contribution is 2.37. The van der Waals surface area contributed by atoms with Crippen LogP contribution in [0.2, 0.25) is 5.02 Å². The lowest BCUT2D eigenvalue weighted by Crippen LogP contribution is -2.50. The molecule has 1 aliphatic rings. The molecule has 0 unspecified atom stereocenters. The summed E-state index contributed by atoms with van der Waals surface area (Å²) < 4.78 is 11.2. The van der Waals surface area contributed by atoms with E-state index in [1.165, 1.54) is 11.0 Å². The van der Waals surface area contributed by atoms with Crippen molar-refractivity contribution in [2.24, 2.45) is 0 Å². The zero-order valence-corrected chi connectivity index (χ0v) is 15.7. The first-order chi connectivity index (χ1) is 12.3. The average Bonchev–Trinajstić information content (AvgIpc) is 2.61. The molecule has 2 rings (SSSR count). The zero-order chi connectivity index (χ0) is 19.3. The second-order valence-electron chi connectivity index (χ2n) is 6.20. The number of aliphatic carboxylic acids is 1. The third-order valence-corrected chi connectivity index (χ3v) is 4.56. The van der Waals surface area contributed by atoms with Crippen molar-refractivity contribution >= 4 is 23.5 Å². The average molecular weight is 386 g/mol. The lowest BCUT2D eigenvalue weighted by molar-refractivity contribution is -0.162. The number of carbonyl (C=O) groups is 2. The molecule has 0 radical (unpaired) electrons. The molecule has 0 spiro atoms. The van der Waals surface area contributed by atoms with E-state index >= 15 is 0 Å². The number of halogens is 1. The number of carboxylic acids is 1. The van der Waals surface area contributed by atoms with E-state index in [2.05, 4.69) is 0 Å². The van der Waals surface area contributed by atoms with Gasteiger partial charge in [0.25, 0.3) is 5.91 Å². The minimum absolute atomic E-state index is 0.0161. The Labute approximate surface area is 157 Å². The van der Waals surface area contributed by atoms with Crippen LogP contribution >= 0.6 is 11.6 Å². The van der Waals surface area contributed by atoms with Gasteiger partial charge in [0.15, 0.2) is 17.1 Å². The van der Waals surface area contributed by atoms with Gasteiger partial charge in [0, 0.05) is 31.5 Å². The summed E-state index contributed by atoms with van der Waals surface area (Å²) in [5.74, 6) is -0.743. The van der Waals surface area contributed by atoms with Crippen molar-refractivity contribution in [3.05, 3.63) is 22.7 Å². The molecule has 8 heteroatoms. The molecule has 1 aromatic rings. The number of nitrogens with zero attached hydrogens (tertiary/aromatic N) is 1. The highest BCUT2D eigenvalue weighted by molar-refractivity contribution is 6.32. The largest absolute Gasteiger partial charge is 0.490 e. The maximum absolute atomic E-state index is 12.8. The maximum atomic E-state index is 12.8. The quantitative estimate of drug-likeness (QED) is 0.748. The minimum atomic E-state index is -1.78. The molecule has 0 atom stereocenters. The Morgan fingerprint density at radius 3 is 2.42 bits per heavy atom. The van der Waals surface area contributed by atoms with Crippen LogP contribution in [0.5, 0.6) is 11.5 Å². The number of ether oxygens (including phenoxy) is 2. The van der Waals surface area contributed by atoms with Crippen molar-refractivity contribution in [2.75, 3.05) is 26.3 Å². The minimum Gasteiger partial charge on any atom is -0.490 e. The number of likely N-dealkylation sites (tertiary alicyclic amines) is 1. The molecule has 0 aromatic heterocycles. The van der Waals surface area contributed by atoms with Crippen molar-refractivity contribution in [3.63, 3.8) is 0 Å². The fraction of sp³-hybridized carbons (Fsp3) is 0.556. The number of piperidine rings is 1. The summed E-state index contributed by atoms with van der Waals surface area (Å²) >= 11 is 6.28. The molecule has 1 heterocycles. The van der Waals surface area contributed by atoms with Gasteiger partial charge in [0.1, 0.15) is 0 Å². The summed E-state index contributed by atoms with van der Waals surface area (Å²) in [6.45, 7) is 4.97. The predicted molar refractivity (Wildman–Crippen MR) is 96.1 cm³/mol. The summed E-state index contributed by atoms with van der Waals surface area (Å²) in [7, 11) is 0. The van der Waals surface area contributed by atoms with E-state index in [-0.39, 0.29) is 36.9 Å². The van der Waals surface area contributed by atoms with Gasteiger partial charge in [-0.15, -0.1) is 0 Å². The van der Waals surface area contributed by atoms with Crippen molar-refractivity contribution in [3.8, 4) is 11.5 Å². The zero-order valence-electron chi connectivity index (χ0n) is 15.0. The van der Waals surface area contributed by atoms with Crippen LogP contribution in [0.15, 0.2) is 12.1 Å². The van der Waals surface area contributed by atoms with Crippen molar-refractivity contribution in [2.45, 2.75) is 38.7 Å². The maximum Gasteiger partial charge on any atom is 0.335 e. The van der Waals surface area contributed by atoms with Crippen LogP contribution in [-0.4, -0.2) is 58.9 Å². The van der Waals surface area contributed by atoms with E-state index in [4.69, 9.17) is 26.2 Å². The smallest absolute Gasteiger partial charge is 0.335 e. The SMILES string of the molecule is CCCOc1c(Cl)cc(C(=O)N2CCC(O)(C(=O)O)CC2)cc1OCC. The molecule has 1 fully saturated rings. The molecule has 2 N–H and O–H groups in total. The molecule has 1 amide bonds. The molecule has 1 aliphatic heterocycles. The van der Waals surface area contributed by atoms with Crippen LogP contribution in [0.25, 0.3) is 0 Å². The molecular weight excluding hydrogens is 362 g/mol. The number of carbonyl (C=O) groups excluding carboxylic acids is 1. The van der Waals surface area contributed by atoms with Crippen LogP contribution in [0.4, 0.5) is 0 Å². The van der Waals surface area contributed by atoms with E-state index in [9.17, 15) is 14.7 Å². The predicted octanol–water partition coefficient (Wildman–Crippen LogP) is 2.58. The van der Waals surface area contributed by atoms with Gasteiger partial charge in [-0.25, -0.2) is 4.79 Å². The van der Waals surface area contributed by atoms with Gasteiger partial charge in [-0.1, -0.05) is 18.5 Å². The van der Waals surface area contributed by atoms with Gasteiger partial charge < -0.3 is 24.6 Å². The number of carboxylic acid groups (broad SMARTS) is 1. The highest BCUT2D eigenvalue weighted by Gasteiger charge is 2.40. The Kier molecular flexibility index (Phi) is 6.72. The number of aliphatic hydroxyl groups is 1. The summed E-state index contributed by atoms with van der Waals surface area (Å²) in [6.07, 6.45) is 0.776. The summed E-state index contributed by atoms with van der Waals surface area (Å²) in [5, 5.41) is 19.4. The number of benzene rings is 1. The van der Waals surface area contributed by atoms with E-state index in [0.717, 1.165) is 6.42 Å². The molecule has 1 saturated heterocycles. The van der Waals surface area contributed by atoms with Gasteiger partial charge in [-0.05, 0) is 25.5 Å². The number of rotatable bonds is 7. The van der Waals surface area contributed by atoms with Crippen molar-refractivity contribution in [1.29, 1.82) is 0 Å². The van der Waals surface area contributed by atoms with Crippen LogP contribution in [-0.2, 0) is 4.79 Å². The molecule has 144 valence electrons. The Hall–Kier alpha value is -1.99. The standard InChI is InChI=1S/C18H24ClNO6/c1-3-9-26-15-13(19)10-12(11-14(15)25-4-2)16(21)20-7-5-18(24,6-8-20)17(22)23/h10-11,24H,3-9H2,1-2H3,(H,22,23). The van der Waals surface area contributed by atoms with Crippen molar-refractivity contribution < 1.29 is 29.3 Å². The van der Waals surface area contributed by atoms with Crippen LogP contribution in [0, 0.1) is 0 Å². The van der Waals surface area contributed by atoms with E-state index in [1.54, 1.807) is 6.07 Å². The normalized spacial score (nSPS) is 16.2. The van der Waals surface area contributed by atoms with E-state index in [0.29, 0.717) is 30.3 Å². The van der Waals surface area contributed by atoms with E-state index < -0.39 is 11.6 Å². The van der Waals surface area contributed by atoms with Gasteiger partial charge in [-0.3, -0.25) is 4.79 Å². The third-order valence-electron chi connectivity index (χ3n) is 4.28. The first kappa shape index (κ1) is 20.3. The Balaban J connectivity index is 2.20. The van der Waals surface area contributed by atoms with Crippen molar-refractivity contribution in [1.82, 2.24) is 4.90 Å². The fourth-order valence-electron chi connectivity index (χ4n) is 2.77. The Morgan fingerprint density at radius 1 is 1.23 bits per heavy atom. The monoisotopic (exact) mass is 385 g/mol. The first-order valence-electron chi connectivity index (χ1n) is 8.66. The van der Waals surface area contributed by atoms with Gasteiger partial charge in [-0.2, -0.15) is 0 Å². The second kappa shape index (κ2) is 8.60. The highest BCUT2D eigenvalue weighted by atomic mass is 35.5. The van der Waals surface area contributed by atoms with Gasteiger partial charge in [0.05, 0.1) is 18.2 Å². The first-order valence-corrected chi connectivity index (χ1v) is 9.04. The third kappa shape index (κ3) is 4.40. The molecular formula is C18H24ClNO6. The van der Waals surface area contributed by atoms with E-state index in [1.807, 2.05) is 13.8 Å². The topological polar surface area (TPSA) is 96.3 Å². The van der Waals surface area contributed by atoms with Gasteiger partial charge >= 0.3 is 5.97 Å². The lowest BCUT2D eigenvalue weighted by atomic mass is 9.91. The second-order valence-corrected chi connectivity index (χ2v) is 6.60. The summed E-state index contributed by atoms with van der Waals surface area (Å²) in [4.78, 5) is 25.4. The van der Waals surface area contributed by atoms with Gasteiger partial charge in [0.2, 0.25) is 0 Å². The van der Waals surface area contributed by atoms with Crippen LogP contribution in [0.1, 0.15) is 43.5 Å². The van der Waals surface area contributed by atoms with Crippen LogP contribution in [0.3, 0.4) is 0 Å². The molecule has 26 heavy (non-hydrogen) atoms. The molecule has 0 aliphatic carbocycles. The fourth-order valence-corrected chi connectivity index (χ4v) is 3.04. The molecule has 0 saturated carbocycles. The summed E-state index contributed by atoms with van der Waals surface area (Å²) in [6, 6.07) is 3.11. The molecule has 7 nitrogen and oxygen atoms in total. The summed E-state index contributed by atoms with van der Waals surface area (Å²) in [5.41, 5.74) is -1.44. The lowest BCUT2D eigenvalue weighted by Gasteiger charge is -2.35.